The smallest absolute Gasteiger partial charge is 0.181 e. The quantitative estimate of drug-likeness (QED) is 0.576. The molecule has 0 spiro atoms. The van der Waals surface area contributed by atoms with Crippen molar-refractivity contribution in [2.24, 2.45) is 0 Å². The summed E-state index contributed by atoms with van der Waals surface area (Å²) >= 11 is 0. The third-order valence-corrected chi connectivity index (χ3v) is 1.27. The molecule has 1 atom stereocenters. The SMILES string of the molecule is CC(C)(C)O[C@@H]1COCCO1. The zero-order valence-electron chi connectivity index (χ0n) is 7.42. The average Bonchev–Trinajstić information content (AvgIpc) is 1.85. The van der Waals surface area contributed by atoms with E-state index >= 15 is 0 Å². The molecule has 0 aromatic rings. The highest BCUT2D eigenvalue weighted by molar-refractivity contribution is 4.61. The minimum absolute atomic E-state index is 0.147. The summed E-state index contributed by atoms with van der Waals surface area (Å²) in [6.45, 7) is 7.89. The van der Waals surface area contributed by atoms with Crippen LogP contribution in [0.4, 0.5) is 0 Å². The van der Waals surface area contributed by atoms with Crippen LogP contribution in [0.1, 0.15) is 20.8 Å². The number of ether oxygens (including phenoxy) is 3. The van der Waals surface area contributed by atoms with Crippen molar-refractivity contribution in [2.75, 3.05) is 19.8 Å². The summed E-state index contributed by atoms with van der Waals surface area (Å²) in [6, 6.07) is 0. The Kier molecular flexibility index (Phi) is 2.87. The molecule has 0 saturated carbocycles. The van der Waals surface area contributed by atoms with E-state index in [0.29, 0.717) is 19.8 Å². The van der Waals surface area contributed by atoms with Gasteiger partial charge in [-0.25, -0.2) is 0 Å². The van der Waals surface area contributed by atoms with Crippen LogP contribution in [-0.2, 0) is 14.2 Å². The topological polar surface area (TPSA) is 27.7 Å². The molecule has 0 aliphatic carbocycles. The molecule has 66 valence electrons. The molecule has 1 rings (SSSR count). The van der Waals surface area contributed by atoms with Crippen LogP contribution in [0.3, 0.4) is 0 Å². The molecule has 1 fully saturated rings. The second-order valence-electron chi connectivity index (χ2n) is 3.61. The van der Waals surface area contributed by atoms with Crippen LogP contribution in [0.15, 0.2) is 0 Å². The average molecular weight is 160 g/mol. The second kappa shape index (κ2) is 3.52. The van der Waals surface area contributed by atoms with Gasteiger partial charge < -0.3 is 14.2 Å². The van der Waals surface area contributed by atoms with Gasteiger partial charge in [0.2, 0.25) is 0 Å². The van der Waals surface area contributed by atoms with E-state index in [1.807, 2.05) is 20.8 Å². The van der Waals surface area contributed by atoms with Crippen molar-refractivity contribution in [1.82, 2.24) is 0 Å². The van der Waals surface area contributed by atoms with E-state index in [9.17, 15) is 0 Å². The van der Waals surface area contributed by atoms with Gasteiger partial charge >= 0.3 is 0 Å². The fourth-order valence-electron chi connectivity index (χ4n) is 0.929. The second-order valence-corrected chi connectivity index (χ2v) is 3.61. The summed E-state index contributed by atoms with van der Waals surface area (Å²) in [5, 5.41) is 0. The van der Waals surface area contributed by atoms with Crippen LogP contribution >= 0.6 is 0 Å². The van der Waals surface area contributed by atoms with Gasteiger partial charge in [-0.05, 0) is 20.8 Å². The summed E-state index contributed by atoms with van der Waals surface area (Å²) in [5.74, 6) is 0. The fourth-order valence-corrected chi connectivity index (χ4v) is 0.929. The van der Waals surface area contributed by atoms with E-state index in [2.05, 4.69) is 0 Å². The van der Waals surface area contributed by atoms with E-state index in [4.69, 9.17) is 14.2 Å². The van der Waals surface area contributed by atoms with E-state index in [-0.39, 0.29) is 11.9 Å². The lowest BCUT2D eigenvalue weighted by molar-refractivity contribution is -0.246. The van der Waals surface area contributed by atoms with Crippen molar-refractivity contribution in [3.8, 4) is 0 Å². The number of hydrogen-bond acceptors (Lipinski definition) is 3. The van der Waals surface area contributed by atoms with Crippen LogP contribution in [0.5, 0.6) is 0 Å². The van der Waals surface area contributed by atoms with Gasteiger partial charge in [-0.1, -0.05) is 0 Å². The molecule has 0 bridgehead atoms. The first-order valence-corrected chi connectivity index (χ1v) is 3.95. The molecule has 0 aromatic heterocycles. The molecular weight excluding hydrogens is 144 g/mol. The largest absolute Gasteiger partial charge is 0.374 e. The lowest BCUT2D eigenvalue weighted by atomic mass is 10.2. The summed E-state index contributed by atoms with van der Waals surface area (Å²) in [5.41, 5.74) is -0.147. The number of rotatable bonds is 1. The molecule has 11 heavy (non-hydrogen) atoms. The summed E-state index contributed by atoms with van der Waals surface area (Å²) in [7, 11) is 0. The summed E-state index contributed by atoms with van der Waals surface area (Å²) in [4.78, 5) is 0. The first kappa shape index (κ1) is 8.97. The molecule has 1 saturated heterocycles. The molecule has 0 unspecified atom stereocenters. The highest BCUT2D eigenvalue weighted by Crippen LogP contribution is 2.13. The number of hydrogen-bond donors (Lipinski definition) is 0. The molecule has 0 N–H and O–H groups in total. The predicted octanol–water partition coefficient (Wildman–Crippen LogP) is 1.17. The Morgan fingerprint density at radius 1 is 1.27 bits per heavy atom. The van der Waals surface area contributed by atoms with Gasteiger partial charge in [0.1, 0.15) is 0 Å². The maximum Gasteiger partial charge on any atom is 0.181 e. The molecule has 3 nitrogen and oxygen atoms in total. The first-order valence-electron chi connectivity index (χ1n) is 3.95. The van der Waals surface area contributed by atoms with Crippen LogP contribution in [0, 0.1) is 0 Å². The van der Waals surface area contributed by atoms with Gasteiger partial charge in [-0.2, -0.15) is 0 Å². The Bertz CT molecular complexity index is 111. The first-order chi connectivity index (χ1) is 5.08. The van der Waals surface area contributed by atoms with E-state index < -0.39 is 0 Å². The molecule has 3 heteroatoms. The van der Waals surface area contributed by atoms with E-state index in [1.54, 1.807) is 0 Å². The van der Waals surface area contributed by atoms with Gasteiger partial charge in [0, 0.05) is 0 Å². The van der Waals surface area contributed by atoms with Gasteiger partial charge in [0.05, 0.1) is 25.4 Å². The molecule has 1 aliphatic rings. The van der Waals surface area contributed by atoms with Gasteiger partial charge in [-0.15, -0.1) is 0 Å². The molecule has 0 amide bonds. The molecule has 0 radical (unpaired) electrons. The van der Waals surface area contributed by atoms with Gasteiger partial charge in [-0.3, -0.25) is 0 Å². The predicted molar refractivity (Wildman–Crippen MR) is 41.4 cm³/mol. The van der Waals surface area contributed by atoms with Crippen molar-refractivity contribution in [1.29, 1.82) is 0 Å². The zero-order chi connectivity index (χ0) is 8.32. The molecule has 1 heterocycles. The van der Waals surface area contributed by atoms with E-state index in [0.717, 1.165) is 0 Å². The van der Waals surface area contributed by atoms with Crippen LogP contribution in [0.2, 0.25) is 0 Å². The Balaban J connectivity index is 2.24. The van der Waals surface area contributed by atoms with Gasteiger partial charge in [0.25, 0.3) is 0 Å². The normalized spacial score (nSPS) is 27.0. The highest BCUT2D eigenvalue weighted by atomic mass is 16.7. The Labute approximate surface area is 67.6 Å². The molecular formula is C8H16O3. The van der Waals surface area contributed by atoms with Crippen molar-refractivity contribution < 1.29 is 14.2 Å². The van der Waals surface area contributed by atoms with Crippen LogP contribution in [-0.4, -0.2) is 31.7 Å². The molecule has 1 aliphatic heterocycles. The lowest BCUT2D eigenvalue weighted by Crippen LogP contribution is -2.36. The monoisotopic (exact) mass is 160 g/mol. The van der Waals surface area contributed by atoms with Crippen LogP contribution in [0.25, 0.3) is 0 Å². The Morgan fingerprint density at radius 3 is 2.45 bits per heavy atom. The summed E-state index contributed by atoms with van der Waals surface area (Å²) in [6.07, 6.45) is -0.177. The third kappa shape index (κ3) is 3.70. The highest BCUT2D eigenvalue weighted by Gasteiger charge is 2.21. The van der Waals surface area contributed by atoms with Crippen LogP contribution < -0.4 is 0 Å². The Morgan fingerprint density at radius 2 is 2.00 bits per heavy atom. The van der Waals surface area contributed by atoms with Crippen molar-refractivity contribution >= 4 is 0 Å². The van der Waals surface area contributed by atoms with Gasteiger partial charge in [0.15, 0.2) is 6.29 Å². The van der Waals surface area contributed by atoms with Crippen molar-refractivity contribution in [3.05, 3.63) is 0 Å². The minimum Gasteiger partial charge on any atom is -0.374 e. The minimum atomic E-state index is -0.177. The van der Waals surface area contributed by atoms with Crippen molar-refractivity contribution in [2.45, 2.75) is 32.7 Å². The van der Waals surface area contributed by atoms with E-state index in [1.165, 1.54) is 0 Å². The third-order valence-electron chi connectivity index (χ3n) is 1.27. The molecule has 0 aromatic carbocycles. The maximum absolute atomic E-state index is 5.53. The summed E-state index contributed by atoms with van der Waals surface area (Å²) < 4.78 is 16.0. The Hall–Kier alpha value is -0.120. The lowest BCUT2D eigenvalue weighted by Gasteiger charge is -2.29. The standard InChI is InChI=1S/C8H16O3/c1-8(2,3)11-7-6-9-4-5-10-7/h7H,4-6H2,1-3H3/t7-/m1/s1. The fraction of sp³-hybridized carbons (Fsp3) is 1.00. The zero-order valence-corrected chi connectivity index (χ0v) is 7.42. The maximum atomic E-state index is 5.53. The van der Waals surface area contributed by atoms with Crippen molar-refractivity contribution in [3.63, 3.8) is 0 Å².